The number of fused-ring (bicyclic) bond motifs is 4. The normalized spacial score (nSPS) is 19.5. The second-order valence-electron chi connectivity index (χ2n) is 10.4. The van der Waals surface area contributed by atoms with Crippen LogP contribution in [0.3, 0.4) is 0 Å². The summed E-state index contributed by atoms with van der Waals surface area (Å²) in [6, 6.07) is 6.93. The number of anilines is 1. The maximum Gasteiger partial charge on any atom is 0.237 e. The lowest BCUT2D eigenvalue weighted by atomic mass is 9.74. The molecule has 2 fully saturated rings. The number of amides is 1. The number of halogens is 1. The summed E-state index contributed by atoms with van der Waals surface area (Å²) in [5, 5.41) is 0.812. The Morgan fingerprint density at radius 3 is 2.65 bits per heavy atom. The van der Waals surface area contributed by atoms with Crippen LogP contribution in [0.5, 0.6) is 5.88 Å². The van der Waals surface area contributed by atoms with E-state index in [0.29, 0.717) is 55.2 Å². The highest BCUT2D eigenvalue weighted by Crippen LogP contribution is 2.50. The van der Waals surface area contributed by atoms with Gasteiger partial charge in [0.1, 0.15) is 5.82 Å². The average molecular weight is 505 g/mol. The molecule has 0 radical (unpaired) electrons. The standard InChI is InChI=1S/C29H33FN4O3/c1-33-25-19-31-24-17-23(30)21(16-22(24)27(25)29(28(33)35)8-14-36-15-9-29)20-6-7-26(32-18-20)37-13-5-12-34-10-3-2-4-11-34/h6-7,16-19H,2-5,8-15H2,1H3. The van der Waals surface area contributed by atoms with E-state index in [1.807, 2.05) is 12.1 Å². The molecule has 1 aromatic carbocycles. The van der Waals surface area contributed by atoms with Gasteiger partial charge < -0.3 is 19.3 Å². The Kier molecular flexibility index (Phi) is 6.55. The van der Waals surface area contributed by atoms with Crippen molar-refractivity contribution in [2.75, 3.05) is 51.4 Å². The van der Waals surface area contributed by atoms with Crippen LogP contribution in [0.15, 0.2) is 36.7 Å². The second kappa shape index (κ2) is 9.99. The third-order valence-electron chi connectivity index (χ3n) is 8.20. The van der Waals surface area contributed by atoms with Gasteiger partial charge in [-0.05, 0) is 57.3 Å². The number of aromatic nitrogens is 2. The maximum absolute atomic E-state index is 15.3. The van der Waals surface area contributed by atoms with Gasteiger partial charge in [-0.1, -0.05) is 6.42 Å². The van der Waals surface area contributed by atoms with Gasteiger partial charge in [0.25, 0.3) is 0 Å². The first-order valence-electron chi connectivity index (χ1n) is 13.4. The van der Waals surface area contributed by atoms with Crippen LogP contribution in [0.2, 0.25) is 0 Å². The van der Waals surface area contributed by atoms with E-state index in [2.05, 4.69) is 14.9 Å². The molecule has 0 unspecified atom stereocenters. The Balaban J connectivity index is 1.25. The molecule has 3 aromatic rings. The molecule has 0 aliphatic carbocycles. The lowest BCUT2D eigenvalue weighted by Crippen LogP contribution is -2.43. The van der Waals surface area contributed by atoms with Gasteiger partial charge >= 0.3 is 0 Å². The zero-order valence-corrected chi connectivity index (χ0v) is 21.3. The number of likely N-dealkylation sites (N-methyl/N-ethyl adjacent to an activating group) is 1. The predicted octanol–water partition coefficient (Wildman–Crippen LogP) is 4.72. The van der Waals surface area contributed by atoms with Gasteiger partial charge in [0.15, 0.2) is 0 Å². The minimum Gasteiger partial charge on any atom is -0.478 e. The molecule has 7 nitrogen and oxygen atoms in total. The molecule has 0 saturated carbocycles. The zero-order valence-electron chi connectivity index (χ0n) is 21.3. The quantitative estimate of drug-likeness (QED) is 0.453. The summed E-state index contributed by atoms with van der Waals surface area (Å²) in [5.74, 6) is 0.240. The predicted molar refractivity (Wildman–Crippen MR) is 140 cm³/mol. The molecule has 194 valence electrons. The summed E-state index contributed by atoms with van der Waals surface area (Å²) in [7, 11) is 1.79. The average Bonchev–Trinajstić information content (AvgIpc) is 3.14. The fraction of sp³-hybridized carbons (Fsp3) is 0.483. The number of benzene rings is 1. The maximum atomic E-state index is 15.3. The monoisotopic (exact) mass is 504 g/mol. The number of ether oxygens (including phenoxy) is 2. The van der Waals surface area contributed by atoms with Gasteiger partial charge in [-0.2, -0.15) is 0 Å². The van der Waals surface area contributed by atoms with Crippen LogP contribution in [-0.4, -0.2) is 67.3 Å². The molecule has 3 aliphatic rings. The van der Waals surface area contributed by atoms with Gasteiger partial charge in [-0.15, -0.1) is 0 Å². The molecule has 6 rings (SSSR count). The SMILES string of the molecule is CN1C(=O)C2(CCOCC2)c2c1cnc1cc(F)c(-c3ccc(OCCCN4CCCCC4)nc3)cc21. The van der Waals surface area contributed by atoms with Crippen LogP contribution in [0.1, 0.15) is 44.1 Å². The van der Waals surface area contributed by atoms with Crippen molar-refractivity contribution in [2.45, 2.75) is 43.9 Å². The summed E-state index contributed by atoms with van der Waals surface area (Å²) >= 11 is 0. The van der Waals surface area contributed by atoms with E-state index >= 15 is 4.39 Å². The van der Waals surface area contributed by atoms with Gasteiger partial charge in [0.2, 0.25) is 11.8 Å². The number of pyridine rings is 2. The Hall–Kier alpha value is -3.10. The summed E-state index contributed by atoms with van der Waals surface area (Å²) < 4.78 is 26.7. The fourth-order valence-corrected chi connectivity index (χ4v) is 6.18. The van der Waals surface area contributed by atoms with Gasteiger partial charge in [0.05, 0.1) is 29.4 Å². The minimum atomic E-state index is -0.650. The first-order chi connectivity index (χ1) is 18.1. The van der Waals surface area contributed by atoms with Crippen molar-refractivity contribution in [3.8, 4) is 17.0 Å². The van der Waals surface area contributed by atoms with Crippen LogP contribution in [0.25, 0.3) is 22.0 Å². The van der Waals surface area contributed by atoms with Crippen LogP contribution < -0.4 is 9.64 Å². The number of hydrogen-bond acceptors (Lipinski definition) is 6. The number of rotatable bonds is 6. The highest BCUT2D eigenvalue weighted by Gasteiger charge is 2.51. The van der Waals surface area contributed by atoms with Crippen molar-refractivity contribution in [1.29, 1.82) is 0 Å². The van der Waals surface area contributed by atoms with Crippen molar-refractivity contribution < 1.29 is 18.7 Å². The topological polar surface area (TPSA) is 67.8 Å². The van der Waals surface area contributed by atoms with Gasteiger partial charge in [-0.25, -0.2) is 9.37 Å². The second-order valence-corrected chi connectivity index (χ2v) is 10.4. The fourth-order valence-electron chi connectivity index (χ4n) is 6.18. The molecule has 0 N–H and O–H groups in total. The van der Waals surface area contributed by atoms with Crippen molar-refractivity contribution in [1.82, 2.24) is 14.9 Å². The first-order valence-corrected chi connectivity index (χ1v) is 13.4. The summed E-state index contributed by atoms with van der Waals surface area (Å²) in [4.78, 5) is 26.5. The lowest BCUT2D eigenvalue weighted by molar-refractivity contribution is -0.126. The Bertz CT molecular complexity index is 1300. The number of carbonyl (C=O) groups is 1. The highest BCUT2D eigenvalue weighted by molar-refractivity contribution is 6.12. The molecule has 2 saturated heterocycles. The Morgan fingerprint density at radius 2 is 1.89 bits per heavy atom. The molecule has 37 heavy (non-hydrogen) atoms. The number of hydrogen-bond donors (Lipinski definition) is 0. The third kappa shape index (κ3) is 4.36. The van der Waals surface area contributed by atoms with Gasteiger partial charge in [0, 0.05) is 67.2 Å². The third-order valence-corrected chi connectivity index (χ3v) is 8.20. The summed E-state index contributed by atoms with van der Waals surface area (Å²) in [5.41, 5.74) is 2.74. The van der Waals surface area contributed by atoms with Crippen LogP contribution >= 0.6 is 0 Å². The molecule has 2 aromatic heterocycles. The lowest BCUT2D eigenvalue weighted by Gasteiger charge is -2.32. The Morgan fingerprint density at radius 1 is 1.08 bits per heavy atom. The van der Waals surface area contributed by atoms with E-state index in [9.17, 15) is 4.79 Å². The van der Waals surface area contributed by atoms with E-state index < -0.39 is 5.41 Å². The Labute approximate surface area is 216 Å². The smallest absolute Gasteiger partial charge is 0.237 e. The van der Waals surface area contributed by atoms with E-state index in [1.165, 1.54) is 38.4 Å². The summed E-state index contributed by atoms with van der Waals surface area (Å²) in [6.07, 6.45) is 9.44. The zero-order chi connectivity index (χ0) is 25.4. The molecule has 0 bridgehead atoms. The molecule has 1 amide bonds. The highest BCUT2D eigenvalue weighted by atomic mass is 19.1. The molecule has 5 heterocycles. The van der Waals surface area contributed by atoms with Crippen LogP contribution in [0.4, 0.5) is 10.1 Å². The summed E-state index contributed by atoms with van der Waals surface area (Å²) in [6.45, 7) is 5.08. The van der Waals surface area contributed by atoms with Crippen molar-refractivity contribution in [3.63, 3.8) is 0 Å². The van der Waals surface area contributed by atoms with Crippen molar-refractivity contribution in [2.24, 2.45) is 0 Å². The molecule has 0 atom stereocenters. The molecule has 8 heteroatoms. The van der Waals surface area contributed by atoms with Gasteiger partial charge in [-0.3, -0.25) is 9.78 Å². The molecular weight excluding hydrogens is 471 g/mol. The van der Waals surface area contributed by atoms with E-state index in [4.69, 9.17) is 9.47 Å². The van der Waals surface area contributed by atoms with Crippen LogP contribution in [-0.2, 0) is 14.9 Å². The number of nitrogens with zero attached hydrogens (tertiary/aromatic N) is 4. The molecule has 3 aliphatic heterocycles. The molecule has 1 spiro atoms. The number of carbonyl (C=O) groups excluding carboxylic acids is 1. The van der Waals surface area contributed by atoms with Crippen molar-refractivity contribution in [3.05, 3.63) is 48.0 Å². The van der Waals surface area contributed by atoms with E-state index in [0.717, 1.165) is 29.6 Å². The van der Waals surface area contributed by atoms with E-state index in [1.54, 1.807) is 30.4 Å². The van der Waals surface area contributed by atoms with Crippen LogP contribution in [0, 0.1) is 5.82 Å². The van der Waals surface area contributed by atoms with Crippen molar-refractivity contribution >= 4 is 22.5 Å². The van der Waals surface area contributed by atoms with E-state index in [-0.39, 0.29) is 11.7 Å². The number of piperidine rings is 1. The largest absolute Gasteiger partial charge is 0.478 e. The minimum absolute atomic E-state index is 0.0643. The molecular formula is C29H33FN4O3. The number of likely N-dealkylation sites (tertiary alicyclic amines) is 1. The first kappa shape index (κ1) is 24.2.